The number of rotatable bonds is 0. The van der Waals surface area contributed by atoms with E-state index in [9.17, 15) is 0 Å². The predicted octanol–water partition coefficient (Wildman–Crippen LogP) is 4.03. The molecule has 3 aromatic rings. The van der Waals surface area contributed by atoms with Gasteiger partial charge in [0.05, 0.1) is 0 Å². The largest absolute Gasteiger partial charge is 0.454 e. The van der Waals surface area contributed by atoms with Crippen LogP contribution in [0.15, 0.2) is 42.5 Å². The van der Waals surface area contributed by atoms with Crippen molar-refractivity contribution in [1.82, 2.24) is 0 Å². The normalized spacial score (nSPS) is 13.4. The topological polar surface area (TPSA) is 18.5 Å². The van der Waals surface area contributed by atoms with Gasteiger partial charge in [0.15, 0.2) is 11.5 Å². The first-order valence-electron chi connectivity index (χ1n) is 6.04. The van der Waals surface area contributed by atoms with Crippen LogP contribution in [0.3, 0.4) is 0 Å². The first-order chi connectivity index (χ1) is 8.83. The fourth-order valence-corrected chi connectivity index (χ4v) is 2.68. The maximum Gasteiger partial charge on any atom is 0.231 e. The van der Waals surface area contributed by atoms with Gasteiger partial charge in [0.2, 0.25) is 6.79 Å². The van der Waals surface area contributed by atoms with E-state index in [1.54, 1.807) is 0 Å². The third-order valence-corrected chi connectivity index (χ3v) is 3.56. The van der Waals surface area contributed by atoms with Gasteiger partial charge in [0.25, 0.3) is 0 Å². The molecule has 0 amide bonds. The van der Waals surface area contributed by atoms with Gasteiger partial charge < -0.3 is 9.47 Å². The van der Waals surface area contributed by atoms with Gasteiger partial charge in [-0.2, -0.15) is 0 Å². The second-order valence-electron chi connectivity index (χ2n) is 4.67. The SMILES string of the molecule is Cc1cc2cc3c(cc2c2ccccc12)OCO3. The second kappa shape index (κ2) is 3.39. The molecule has 0 aliphatic carbocycles. The molecule has 0 N–H and O–H groups in total. The van der Waals surface area contributed by atoms with Crippen LogP contribution >= 0.6 is 0 Å². The van der Waals surface area contributed by atoms with E-state index in [-0.39, 0.29) is 0 Å². The van der Waals surface area contributed by atoms with Crippen LogP contribution in [0.25, 0.3) is 21.5 Å². The van der Waals surface area contributed by atoms with Crippen molar-refractivity contribution in [3.63, 3.8) is 0 Å². The van der Waals surface area contributed by atoms with Crippen molar-refractivity contribution >= 4 is 21.5 Å². The van der Waals surface area contributed by atoms with E-state index in [0.717, 1.165) is 11.5 Å². The van der Waals surface area contributed by atoms with Crippen molar-refractivity contribution < 1.29 is 9.47 Å². The molecular formula is C16H12O2. The molecule has 0 fully saturated rings. The van der Waals surface area contributed by atoms with Crippen molar-refractivity contribution in [1.29, 1.82) is 0 Å². The number of hydrogen-bond donors (Lipinski definition) is 0. The lowest BCUT2D eigenvalue weighted by Crippen LogP contribution is -1.92. The summed E-state index contributed by atoms with van der Waals surface area (Å²) in [5, 5.41) is 4.99. The van der Waals surface area contributed by atoms with E-state index in [4.69, 9.17) is 9.47 Å². The Morgan fingerprint density at radius 2 is 1.56 bits per heavy atom. The lowest BCUT2D eigenvalue weighted by atomic mass is 9.97. The van der Waals surface area contributed by atoms with Crippen molar-refractivity contribution in [3.05, 3.63) is 48.0 Å². The molecule has 1 heterocycles. The van der Waals surface area contributed by atoms with Gasteiger partial charge in [-0.1, -0.05) is 30.3 Å². The molecule has 0 saturated heterocycles. The minimum absolute atomic E-state index is 0.322. The fraction of sp³-hybridized carbons (Fsp3) is 0.125. The summed E-state index contributed by atoms with van der Waals surface area (Å²) in [4.78, 5) is 0. The highest BCUT2D eigenvalue weighted by molar-refractivity contribution is 6.09. The Kier molecular flexibility index (Phi) is 1.84. The maximum atomic E-state index is 5.46. The zero-order valence-corrected chi connectivity index (χ0v) is 10.1. The van der Waals surface area contributed by atoms with Crippen LogP contribution in [0.5, 0.6) is 11.5 Å². The molecule has 18 heavy (non-hydrogen) atoms. The van der Waals surface area contributed by atoms with Gasteiger partial charge in [-0.3, -0.25) is 0 Å². The molecule has 0 radical (unpaired) electrons. The summed E-state index contributed by atoms with van der Waals surface area (Å²) in [6.07, 6.45) is 0. The molecule has 0 spiro atoms. The first kappa shape index (κ1) is 9.77. The van der Waals surface area contributed by atoms with E-state index in [0.29, 0.717) is 6.79 Å². The van der Waals surface area contributed by atoms with E-state index in [2.05, 4.69) is 49.4 Å². The Hall–Kier alpha value is -2.22. The Bertz CT molecular complexity index is 775. The summed E-state index contributed by atoms with van der Waals surface area (Å²) in [5.41, 5.74) is 1.29. The molecule has 1 aliphatic heterocycles. The van der Waals surface area contributed by atoms with E-state index in [1.807, 2.05) is 0 Å². The molecule has 0 aromatic heterocycles. The van der Waals surface area contributed by atoms with Gasteiger partial charge in [-0.25, -0.2) is 0 Å². The average molecular weight is 236 g/mol. The lowest BCUT2D eigenvalue weighted by Gasteiger charge is -2.08. The molecule has 88 valence electrons. The average Bonchev–Trinajstić information content (AvgIpc) is 2.84. The highest BCUT2D eigenvalue weighted by Gasteiger charge is 2.15. The molecular weight excluding hydrogens is 224 g/mol. The Balaban J connectivity index is 2.21. The van der Waals surface area contributed by atoms with E-state index < -0.39 is 0 Å². The summed E-state index contributed by atoms with van der Waals surface area (Å²) < 4.78 is 10.9. The van der Waals surface area contributed by atoms with Crippen molar-refractivity contribution in [2.75, 3.05) is 6.79 Å². The van der Waals surface area contributed by atoms with Gasteiger partial charge in [0.1, 0.15) is 0 Å². The second-order valence-corrected chi connectivity index (χ2v) is 4.67. The van der Waals surface area contributed by atoms with Crippen LogP contribution in [0.4, 0.5) is 0 Å². The molecule has 0 bridgehead atoms. The number of benzene rings is 3. The van der Waals surface area contributed by atoms with Crippen LogP contribution in [-0.4, -0.2) is 6.79 Å². The van der Waals surface area contributed by atoms with Gasteiger partial charge in [-0.05, 0) is 46.2 Å². The quantitative estimate of drug-likeness (QED) is 0.549. The van der Waals surface area contributed by atoms with Crippen molar-refractivity contribution in [2.24, 2.45) is 0 Å². The van der Waals surface area contributed by atoms with Crippen molar-refractivity contribution in [3.8, 4) is 11.5 Å². The van der Waals surface area contributed by atoms with Gasteiger partial charge in [0, 0.05) is 0 Å². The number of fused-ring (bicyclic) bond motifs is 4. The minimum atomic E-state index is 0.322. The third-order valence-electron chi connectivity index (χ3n) is 3.56. The highest BCUT2D eigenvalue weighted by atomic mass is 16.7. The van der Waals surface area contributed by atoms with E-state index >= 15 is 0 Å². The number of ether oxygens (including phenoxy) is 2. The standard InChI is InChI=1S/C16H12O2/c1-10-6-11-7-15-16(18-9-17-15)8-14(11)13-5-3-2-4-12(10)13/h2-8H,9H2,1H3. The maximum absolute atomic E-state index is 5.46. The van der Waals surface area contributed by atoms with E-state index in [1.165, 1.54) is 27.1 Å². The van der Waals surface area contributed by atoms with Gasteiger partial charge in [-0.15, -0.1) is 0 Å². The first-order valence-corrected chi connectivity index (χ1v) is 6.04. The number of aryl methyl sites for hydroxylation is 1. The molecule has 2 nitrogen and oxygen atoms in total. The third kappa shape index (κ3) is 1.23. The molecule has 1 aliphatic rings. The molecule has 4 rings (SSSR count). The van der Waals surface area contributed by atoms with Gasteiger partial charge >= 0.3 is 0 Å². The number of hydrogen-bond acceptors (Lipinski definition) is 2. The van der Waals surface area contributed by atoms with Crippen LogP contribution in [-0.2, 0) is 0 Å². The predicted molar refractivity (Wildman–Crippen MR) is 72.3 cm³/mol. The Labute approximate surface area is 105 Å². The van der Waals surface area contributed by atoms with Crippen LogP contribution in [0.1, 0.15) is 5.56 Å². The zero-order chi connectivity index (χ0) is 12.1. The summed E-state index contributed by atoms with van der Waals surface area (Å²) >= 11 is 0. The van der Waals surface area contributed by atoms with Crippen LogP contribution in [0, 0.1) is 6.92 Å². The lowest BCUT2D eigenvalue weighted by molar-refractivity contribution is 0.174. The summed E-state index contributed by atoms with van der Waals surface area (Å²) in [7, 11) is 0. The fourth-order valence-electron chi connectivity index (χ4n) is 2.68. The molecule has 0 atom stereocenters. The Morgan fingerprint density at radius 1 is 0.833 bits per heavy atom. The summed E-state index contributed by atoms with van der Waals surface area (Å²) in [6, 6.07) is 14.8. The molecule has 3 aromatic carbocycles. The monoisotopic (exact) mass is 236 g/mol. The molecule has 0 saturated carbocycles. The van der Waals surface area contributed by atoms with Crippen LogP contribution < -0.4 is 9.47 Å². The smallest absolute Gasteiger partial charge is 0.231 e. The minimum Gasteiger partial charge on any atom is -0.454 e. The molecule has 2 heteroatoms. The van der Waals surface area contributed by atoms with Crippen molar-refractivity contribution in [2.45, 2.75) is 6.92 Å². The van der Waals surface area contributed by atoms with Crippen LogP contribution in [0.2, 0.25) is 0 Å². The highest BCUT2D eigenvalue weighted by Crippen LogP contribution is 2.39. The Morgan fingerprint density at radius 3 is 2.39 bits per heavy atom. The summed E-state index contributed by atoms with van der Waals surface area (Å²) in [5.74, 6) is 1.69. The molecule has 0 unspecified atom stereocenters. The summed E-state index contributed by atoms with van der Waals surface area (Å²) in [6.45, 7) is 2.47. The zero-order valence-electron chi connectivity index (χ0n) is 10.1.